The average molecular weight is 402 g/mol. The average Bonchev–Trinajstić information content (AvgIpc) is 2.88. The number of ether oxygens (including phenoxy) is 2. The third-order valence-electron chi connectivity index (χ3n) is 5.03. The first-order chi connectivity index (χ1) is 14.0. The minimum absolute atomic E-state index is 0.0246. The number of carbonyl (C=O) groups is 2. The van der Waals surface area contributed by atoms with Gasteiger partial charge in [0.15, 0.2) is 0 Å². The highest BCUT2D eigenvalue weighted by atomic mass is 16.5. The van der Waals surface area contributed by atoms with E-state index in [9.17, 15) is 14.4 Å². The quantitative estimate of drug-likeness (QED) is 0.698. The second-order valence-electron chi connectivity index (χ2n) is 6.99. The number of nitrogens with zero attached hydrogens (tertiary/aromatic N) is 3. The molecule has 156 valence electrons. The van der Waals surface area contributed by atoms with Gasteiger partial charge in [-0.15, -0.1) is 0 Å². The summed E-state index contributed by atoms with van der Waals surface area (Å²) in [5.41, 5.74) is 0.462. The second-order valence-corrected chi connectivity index (χ2v) is 6.99. The lowest BCUT2D eigenvalue weighted by molar-refractivity contribution is -0.141. The zero-order valence-corrected chi connectivity index (χ0v) is 16.7. The van der Waals surface area contributed by atoms with Crippen LogP contribution in [0.4, 0.5) is 0 Å². The third kappa shape index (κ3) is 5.04. The molecule has 0 saturated heterocycles. The van der Waals surface area contributed by atoms with Gasteiger partial charge in [0.1, 0.15) is 18.1 Å². The second kappa shape index (κ2) is 9.40. The molecule has 1 aliphatic heterocycles. The molecular formula is C20H26N4O5. The minimum atomic E-state index is -0.586. The highest BCUT2D eigenvalue weighted by Gasteiger charge is 2.21. The van der Waals surface area contributed by atoms with Crippen molar-refractivity contribution >= 4 is 11.9 Å². The third-order valence-corrected chi connectivity index (χ3v) is 5.03. The van der Waals surface area contributed by atoms with Gasteiger partial charge in [-0.1, -0.05) is 18.6 Å². The summed E-state index contributed by atoms with van der Waals surface area (Å²) in [6, 6.07) is 6.47. The first-order valence-electron chi connectivity index (χ1n) is 9.68. The molecule has 0 spiro atoms. The number of carbonyl (C=O) groups excluding carboxylic acids is 2. The van der Waals surface area contributed by atoms with Crippen molar-refractivity contribution in [2.24, 2.45) is 0 Å². The van der Waals surface area contributed by atoms with Crippen LogP contribution in [0.2, 0.25) is 0 Å². The lowest BCUT2D eigenvalue weighted by Crippen LogP contribution is -2.36. The van der Waals surface area contributed by atoms with Crippen molar-refractivity contribution in [1.82, 2.24) is 19.7 Å². The van der Waals surface area contributed by atoms with Gasteiger partial charge in [0.25, 0.3) is 0 Å². The molecule has 1 aromatic carbocycles. The first-order valence-corrected chi connectivity index (χ1v) is 9.68. The lowest BCUT2D eigenvalue weighted by Gasteiger charge is -2.18. The van der Waals surface area contributed by atoms with E-state index in [0.29, 0.717) is 12.3 Å². The van der Waals surface area contributed by atoms with Crippen LogP contribution in [0, 0.1) is 0 Å². The SMILES string of the molecule is COC(=O)CC(NC(=O)Cn1nc2n(c1=O)CCCCC2)c1ccc(OC)cc1. The van der Waals surface area contributed by atoms with Gasteiger partial charge in [-0.05, 0) is 30.5 Å². The highest BCUT2D eigenvalue weighted by molar-refractivity contribution is 5.77. The smallest absolute Gasteiger partial charge is 0.346 e. The summed E-state index contributed by atoms with van der Waals surface area (Å²) in [5.74, 6) is 0.548. The van der Waals surface area contributed by atoms with Crippen molar-refractivity contribution in [1.29, 1.82) is 0 Å². The van der Waals surface area contributed by atoms with E-state index in [1.807, 2.05) is 0 Å². The van der Waals surface area contributed by atoms with Crippen LogP contribution in [0.25, 0.3) is 0 Å². The van der Waals surface area contributed by atoms with E-state index in [2.05, 4.69) is 10.4 Å². The maximum atomic E-state index is 12.6. The summed E-state index contributed by atoms with van der Waals surface area (Å²) in [6.45, 7) is 0.430. The predicted molar refractivity (Wildman–Crippen MR) is 105 cm³/mol. The maximum Gasteiger partial charge on any atom is 0.346 e. The number of esters is 1. The predicted octanol–water partition coefficient (Wildman–Crippen LogP) is 1.20. The summed E-state index contributed by atoms with van der Waals surface area (Å²) in [4.78, 5) is 37.0. The number of methoxy groups -OCH3 is 2. The zero-order chi connectivity index (χ0) is 20.8. The largest absolute Gasteiger partial charge is 0.497 e. The van der Waals surface area contributed by atoms with E-state index in [-0.39, 0.29) is 18.7 Å². The molecule has 2 heterocycles. The molecule has 3 rings (SSSR count). The molecule has 1 aliphatic rings. The van der Waals surface area contributed by atoms with Crippen LogP contribution in [0.3, 0.4) is 0 Å². The molecule has 29 heavy (non-hydrogen) atoms. The number of fused-ring (bicyclic) bond motifs is 1. The van der Waals surface area contributed by atoms with Crippen molar-refractivity contribution in [3.63, 3.8) is 0 Å². The Morgan fingerprint density at radius 3 is 2.62 bits per heavy atom. The van der Waals surface area contributed by atoms with Crippen LogP contribution in [0.15, 0.2) is 29.1 Å². The van der Waals surface area contributed by atoms with Gasteiger partial charge >= 0.3 is 11.7 Å². The van der Waals surface area contributed by atoms with Gasteiger partial charge in [0.05, 0.1) is 26.7 Å². The summed E-state index contributed by atoms with van der Waals surface area (Å²) in [7, 11) is 2.86. The van der Waals surface area contributed by atoms with Crippen LogP contribution in [0.5, 0.6) is 5.75 Å². The zero-order valence-electron chi connectivity index (χ0n) is 16.7. The summed E-state index contributed by atoms with van der Waals surface area (Å²) >= 11 is 0. The lowest BCUT2D eigenvalue weighted by atomic mass is 10.0. The van der Waals surface area contributed by atoms with E-state index in [4.69, 9.17) is 9.47 Å². The van der Waals surface area contributed by atoms with E-state index in [1.54, 1.807) is 35.9 Å². The van der Waals surface area contributed by atoms with Crippen molar-refractivity contribution in [3.8, 4) is 5.75 Å². The van der Waals surface area contributed by atoms with E-state index in [1.165, 1.54) is 11.8 Å². The number of rotatable bonds is 7. The molecule has 2 aromatic rings. The molecule has 0 radical (unpaired) electrons. The van der Waals surface area contributed by atoms with Gasteiger partial charge in [0, 0.05) is 13.0 Å². The van der Waals surface area contributed by atoms with Gasteiger partial charge in [-0.25, -0.2) is 9.48 Å². The highest BCUT2D eigenvalue weighted by Crippen LogP contribution is 2.21. The summed E-state index contributed by atoms with van der Waals surface area (Å²) in [5, 5.41) is 7.14. The fourth-order valence-electron chi connectivity index (χ4n) is 3.44. The van der Waals surface area contributed by atoms with Gasteiger partial charge in [0.2, 0.25) is 5.91 Å². The Labute approximate surface area is 168 Å². The molecule has 9 nitrogen and oxygen atoms in total. The van der Waals surface area contributed by atoms with Crippen LogP contribution >= 0.6 is 0 Å². The van der Waals surface area contributed by atoms with Crippen molar-refractivity contribution in [3.05, 3.63) is 46.1 Å². The molecule has 1 aromatic heterocycles. The van der Waals surface area contributed by atoms with Crippen molar-refractivity contribution in [2.45, 2.75) is 51.2 Å². The molecule has 1 atom stereocenters. The molecule has 1 unspecified atom stereocenters. The molecule has 0 aliphatic carbocycles. The molecule has 1 N–H and O–H groups in total. The first kappa shape index (κ1) is 20.6. The Hall–Kier alpha value is -3.10. The molecular weight excluding hydrogens is 376 g/mol. The van der Waals surface area contributed by atoms with Crippen LogP contribution in [-0.2, 0) is 33.8 Å². The number of nitrogens with one attached hydrogen (secondary N) is 1. The van der Waals surface area contributed by atoms with E-state index >= 15 is 0 Å². The van der Waals surface area contributed by atoms with Gasteiger partial charge < -0.3 is 14.8 Å². The Balaban J connectivity index is 1.74. The number of hydrogen-bond donors (Lipinski definition) is 1. The Kier molecular flexibility index (Phi) is 6.69. The Bertz CT molecular complexity index is 916. The summed E-state index contributed by atoms with van der Waals surface area (Å²) in [6.07, 6.45) is 3.70. The van der Waals surface area contributed by atoms with Crippen LogP contribution in [-0.4, -0.2) is 40.4 Å². The Morgan fingerprint density at radius 1 is 1.17 bits per heavy atom. The fraction of sp³-hybridized carbons (Fsp3) is 0.500. The van der Waals surface area contributed by atoms with Crippen molar-refractivity contribution in [2.75, 3.05) is 14.2 Å². The minimum Gasteiger partial charge on any atom is -0.497 e. The molecule has 9 heteroatoms. The van der Waals surface area contributed by atoms with Gasteiger partial charge in [-0.3, -0.25) is 14.2 Å². The molecule has 0 fully saturated rings. The molecule has 0 saturated carbocycles. The topological polar surface area (TPSA) is 104 Å². The standard InChI is InChI=1S/C20H26N4O5/c1-28-15-9-7-14(8-10-15)16(12-19(26)29-2)21-18(25)13-24-20(27)23-11-5-3-4-6-17(23)22-24/h7-10,16H,3-6,11-13H2,1-2H3,(H,21,25). The number of benzene rings is 1. The Morgan fingerprint density at radius 2 is 1.93 bits per heavy atom. The fourth-order valence-corrected chi connectivity index (χ4v) is 3.44. The molecule has 1 amide bonds. The van der Waals surface area contributed by atoms with Crippen LogP contribution < -0.4 is 15.7 Å². The number of amides is 1. The van der Waals surface area contributed by atoms with E-state index < -0.39 is 17.9 Å². The van der Waals surface area contributed by atoms with Crippen molar-refractivity contribution < 1.29 is 19.1 Å². The van der Waals surface area contributed by atoms with Crippen LogP contribution in [0.1, 0.15) is 43.1 Å². The number of aryl methyl sites for hydroxylation is 1. The normalized spacial score (nSPS) is 14.4. The maximum absolute atomic E-state index is 12.6. The van der Waals surface area contributed by atoms with E-state index in [0.717, 1.165) is 37.1 Å². The number of aromatic nitrogens is 3. The van der Waals surface area contributed by atoms with Gasteiger partial charge in [-0.2, -0.15) is 5.10 Å². The molecule has 0 bridgehead atoms. The number of hydrogen-bond acceptors (Lipinski definition) is 6. The summed E-state index contributed by atoms with van der Waals surface area (Å²) < 4.78 is 12.7. The monoisotopic (exact) mass is 402 g/mol.